The van der Waals surface area contributed by atoms with Gasteiger partial charge >= 0.3 is 0 Å². The number of hydrogen-bond donors (Lipinski definition) is 1. The van der Waals surface area contributed by atoms with Crippen LogP contribution in [0.5, 0.6) is 5.75 Å². The summed E-state index contributed by atoms with van der Waals surface area (Å²) >= 11 is 1.33. The predicted molar refractivity (Wildman–Crippen MR) is 108 cm³/mol. The van der Waals surface area contributed by atoms with Gasteiger partial charge in [-0.15, -0.1) is 10.2 Å². The summed E-state index contributed by atoms with van der Waals surface area (Å²) < 4.78 is 20.2. The minimum absolute atomic E-state index is 0.187. The Morgan fingerprint density at radius 3 is 2.46 bits per heavy atom. The molecule has 146 valence electrons. The lowest BCUT2D eigenvalue weighted by molar-refractivity contribution is -0.115. The van der Waals surface area contributed by atoms with Crippen LogP contribution in [0.1, 0.15) is 13.8 Å². The number of thioether (sulfide) groups is 1. The Hall–Kier alpha value is -2.87. The Morgan fingerprint density at radius 1 is 1.18 bits per heavy atom. The molecule has 0 saturated heterocycles. The standard InChI is InChI=1S/C20H21FN4O2S/c1-4-25-18(14-5-11-17(27-3)12-6-14)23-24-20(25)28-13(2)19(26)22-16-9-7-15(21)8-10-16/h5-13H,4H2,1-3H3,(H,22,26). The molecule has 0 fully saturated rings. The molecule has 1 unspecified atom stereocenters. The van der Waals surface area contributed by atoms with E-state index in [0.29, 0.717) is 17.4 Å². The minimum atomic E-state index is -0.400. The van der Waals surface area contributed by atoms with Gasteiger partial charge in [-0.1, -0.05) is 11.8 Å². The van der Waals surface area contributed by atoms with E-state index in [1.54, 1.807) is 14.0 Å². The molecule has 6 nitrogen and oxygen atoms in total. The van der Waals surface area contributed by atoms with E-state index in [1.807, 2.05) is 35.8 Å². The van der Waals surface area contributed by atoms with Crippen LogP contribution in [0.15, 0.2) is 53.7 Å². The van der Waals surface area contributed by atoms with Crippen molar-refractivity contribution in [3.05, 3.63) is 54.3 Å². The third-order valence-electron chi connectivity index (χ3n) is 4.14. The molecule has 1 aromatic heterocycles. The summed E-state index contributed by atoms with van der Waals surface area (Å²) in [5.41, 5.74) is 1.47. The first-order chi connectivity index (χ1) is 13.5. The molecule has 3 aromatic rings. The summed E-state index contributed by atoms with van der Waals surface area (Å²) in [7, 11) is 1.62. The maximum atomic E-state index is 13.0. The lowest BCUT2D eigenvalue weighted by atomic mass is 10.2. The third-order valence-corrected chi connectivity index (χ3v) is 5.22. The highest BCUT2D eigenvalue weighted by Gasteiger charge is 2.20. The quantitative estimate of drug-likeness (QED) is 0.601. The Balaban J connectivity index is 1.73. The van der Waals surface area contributed by atoms with Gasteiger partial charge in [0.2, 0.25) is 5.91 Å². The molecule has 0 bridgehead atoms. The summed E-state index contributed by atoms with van der Waals surface area (Å²) in [4.78, 5) is 12.5. The highest BCUT2D eigenvalue weighted by Crippen LogP contribution is 2.28. The highest BCUT2D eigenvalue weighted by molar-refractivity contribution is 8.00. The number of carbonyl (C=O) groups is 1. The molecule has 3 rings (SSSR count). The first kappa shape index (κ1) is 19.9. The zero-order valence-corrected chi connectivity index (χ0v) is 16.7. The molecule has 1 N–H and O–H groups in total. The van der Waals surface area contributed by atoms with Crippen LogP contribution in [0.4, 0.5) is 10.1 Å². The van der Waals surface area contributed by atoms with E-state index < -0.39 is 5.25 Å². The second-order valence-corrected chi connectivity index (χ2v) is 7.34. The summed E-state index contributed by atoms with van der Waals surface area (Å²) in [6.07, 6.45) is 0. The molecule has 0 spiro atoms. The van der Waals surface area contributed by atoms with Crippen molar-refractivity contribution in [2.45, 2.75) is 30.8 Å². The molecule has 8 heteroatoms. The Labute approximate surface area is 167 Å². The van der Waals surface area contributed by atoms with Gasteiger partial charge in [0.05, 0.1) is 12.4 Å². The number of ether oxygens (including phenoxy) is 1. The van der Waals surface area contributed by atoms with Crippen molar-refractivity contribution in [3.63, 3.8) is 0 Å². The van der Waals surface area contributed by atoms with E-state index in [4.69, 9.17) is 4.74 Å². The number of aromatic nitrogens is 3. The molecule has 0 saturated carbocycles. The van der Waals surface area contributed by atoms with Gasteiger partial charge in [0.1, 0.15) is 11.6 Å². The molecule has 1 amide bonds. The molecular formula is C20H21FN4O2S. The number of carbonyl (C=O) groups excluding carboxylic acids is 1. The van der Waals surface area contributed by atoms with Crippen LogP contribution in [0.25, 0.3) is 11.4 Å². The van der Waals surface area contributed by atoms with Gasteiger partial charge in [0.25, 0.3) is 0 Å². The first-order valence-electron chi connectivity index (χ1n) is 8.82. The summed E-state index contributed by atoms with van der Waals surface area (Å²) in [5, 5.41) is 11.6. The van der Waals surface area contributed by atoms with Gasteiger partial charge < -0.3 is 14.6 Å². The van der Waals surface area contributed by atoms with Crippen LogP contribution in [-0.2, 0) is 11.3 Å². The van der Waals surface area contributed by atoms with Gasteiger partial charge in [-0.05, 0) is 62.4 Å². The van der Waals surface area contributed by atoms with Crippen LogP contribution >= 0.6 is 11.8 Å². The topological polar surface area (TPSA) is 69.0 Å². The second kappa shape index (κ2) is 8.88. The number of amides is 1. The Bertz CT molecular complexity index is 942. The van der Waals surface area contributed by atoms with Gasteiger partial charge in [-0.3, -0.25) is 4.79 Å². The van der Waals surface area contributed by atoms with Crippen LogP contribution in [0, 0.1) is 5.82 Å². The van der Waals surface area contributed by atoms with Crippen molar-refractivity contribution >= 4 is 23.4 Å². The number of nitrogens with zero attached hydrogens (tertiary/aromatic N) is 3. The molecule has 28 heavy (non-hydrogen) atoms. The van der Waals surface area contributed by atoms with Crippen LogP contribution in [0.3, 0.4) is 0 Å². The van der Waals surface area contributed by atoms with Crippen molar-refractivity contribution in [3.8, 4) is 17.1 Å². The summed E-state index contributed by atoms with van der Waals surface area (Å²) in [6, 6.07) is 13.3. The minimum Gasteiger partial charge on any atom is -0.497 e. The number of anilines is 1. The molecule has 0 aliphatic rings. The Morgan fingerprint density at radius 2 is 1.86 bits per heavy atom. The lowest BCUT2D eigenvalue weighted by Gasteiger charge is -2.13. The highest BCUT2D eigenvalue weighted by atomic mass is 32.2. The van der Waals surface area contributed by atoms with E-state index >= 15 is 0 Å². The maximum Gasteiger partial charge on any atom is 0.237 e. The van der Waals surface area contributed by atoms with Crippen molar-refractivity contribution in [1.29, 1.82) is 0 Å². The SMILES string of the molecule is CCn1c(SC(C)C(=O)Nc2ccc(F)cc2)nnc1-c1ccc(OC)cc1. The number of hydrogen-bond acceptors (Lipinski definition) is 5. The predicted octanol–water partition coefficient (Wildman–Crippen LogP) is 4.23. The number of halogens is 1. The first-order valence-corrected chi connectivity index (χ1v) is 9.70. The summed E-state index contributed by atoms with van der Waals surface area (Å²) in [5.74, 6) is 0.974. The zero-order chi connectivity index (χ0) is 20.1. The van der Waals surface area contributed by atoms with Crippen LogP contribution < -0.4 is 10.1 Å². The smallest absolute Gasteiger partial charge is 0.237 e. The second-order valence-electron chi connectivity index (χ2n) is 6.04. The normalized spacial score (nSPS) is 11.9. The number of nitrogens with one attached hydrogen (secondary N) is 1. The summed E-state index contributed by atoms with van der Waals surface area (Å²) in [6.45, 7) is 4.47. The van der Waals surface area contributed by atoms with E-state index in [-0.39, 0.29) is 11.7 Å². The van der Waals surface area contributed by atoms with Crippen LogP contribution in [0.2, 0.25) is 0 Å². The van der Waals surface area contributed by atoms with Gasteiger partial charge in [0, 0.05) is 17.8 Å². The number of rotatable bonds is 7. The molecule has 2 aromatic carbocycles. The van der Waals surface area contributed by atoms with Crippen molar-refractivity contribution < 1.29 is 13.9 Å². The lowest BCUT2D eigenvalue weighted by Crippen LogP contribution is -2.23. The molecule has 1 heterocycles. The van der Waals surface area contributed by atoms with Crippen molar-refractivity contribution in [2.75, 3.05) is 12.4 Å². The van der Waals surface area contributed by atoms with E-state index in [9.17, 15) is 9.18 Å². The van der Waals surface area contributed by atoms with E-state index in [1.165, 1.54) is 36.0 Å². The van der Waals surface area contributed by atoms with Gasteiger partial charge in [0.15, 0.2) is 11.0 Å². The zero-order valence-electron chi connectivity index (χ0n) is 15.8. The number of benzene rings is 2. The largest absolute Gasteiger partial charge is 0.497 e. The Kier molecular flexibility index (Phi) is 6.30. The van der Waals surface area contributed by atoms with Crippen LogP contribution in [-0.4, -0.2) is 33.0 Å². The van der Waals surface area contributed by atoms with E-state index in [2.05, 4.69) is 15.5 Å². The average molecular weight is 400 g/mol. The molecular weight excluding hydrogens is 379 g/mol. The molecule has 1 atom stereocenters. The van der Waals surface area contributed by atoms with Crippen molar-refractivity contribution in [1.82, 2.24) is 14.8 Å². The molecule has 0 aliphatic carbocycles. The fraction of sp³-hybridized carbons (Fsp3) is 0.250. The van der Waals surface area contributed by atoms with Gasteiger partial charge in [-0.25, -0.2) is 4.39 Å². The van der Waals surface area contributed by atoms with E-state index in [0.717, 1.165) is 17.1 Å². The number of methoxy groups -OCH3 is 1. The maximum absolute atomic E-state index is 13.0. The third kappa shape index (κ3) is 4.51. The fourth-order valence-electron chi connectivity index (χ4n) is 2.60. The average Bonchev–Trinajstić information content (AvgIpc) is 3.12. The fourth-order valence-corrected chi connectivity index (χ4v) is 3.52. The van der Waals surface area contributed by atoms with Crippen molar-refractivity contribution in [2.24, 2.45) is 0 Å². The monoisotopic (exact) mass is 400 g/mol. The molecule has 0 aliphatic heterocycles. The van der Waals surface area contributed by atoms with Gasteiger partial charge in [-0.2, -0.15) is 0 Å². The molecule has 0 radical (unpaired) electrons.